The first-order valence-electron chi connectivity index (χ1n) is 6.05. The first-order chi connectivity index (χ1) is 8.66. The quantitative estimate of drug-likeness (QED) is 0.835. The first-order valence-corrected chi connectivity index (χ1v) is 6.05. The van der Waals surface area contributed by atoms with E-state index in [1.807, 2.05) is 25.1 Å². The largest absolute Gasteiger partial charge is 0.369 e. The van der Waals surface area contributed by atoms with Crippen LogP contribution in [0.2, 0.25) is 0 Å². The number of nitrogens with two attached hydrogens (primary N) is 1. The normalized spacial score (nSPS) is 21.8. The van der Waals surface area contributed by atoms with E-state index in [0.717, 1.165) is 29.7 Å². The van der Waals surface area contributed by atoms with Gasteiger partial charge in [0, 0.05) is 11.8 Å². The van der Waals surface area contributed by atoms with Crippen molar-refractivity contribution in [1.82, 2.24) is 10.2 Å². The van der Waals surface area contributed by atoms with E-state index in [4.69, 9.17) is 5.73 Å². The Hall–Kier alpha value is -2.10. The van der Waals surface area contributed by atoms with Gasteiger partial charge in [0.05, 0.1) is 5.69 Å². The number of carbonyl (C=O) groups excluding carboxylic acids is 1. The first kappa shape index (κ1) is 11.0. The highest BCUT2D eigenvalue weighted by molar-refractivity contribution is 5.92. The lowest BCUT2D eigenvalue weighted by Gasteiger charge is -2.26. The van der Waals surface area contributed by atoms with Gasteiger partial charge in [0.25, 0.3) is 0 Å². The van der Waals surface area contributed by atoms with Crippen molar-refractivity contribution in [3.05, 3.63) is 52.8 Å². The van der Waals surface area contributed by atoms with Gasteiger partial charge in [-0.3, -0.25) is 9.89 Å². The van der Waals surface area contributed by atoms with E-state index in [1.165, 1.54) is 5.56 Å². The lowest BCUT2D eigenvalue weighted by atomic mass is 9.75. The van der Waals surface area contributed by atoms with Crippen molar-refractivity contribution in [2.24, 2.45) is 5.73 Å². The average Bonchev–Trinajstić information content (AvgIpc) is 2.93. The van der Waals surface area contributed by atoms with Crippen LogP contribution < -0.4 is 5.73 Å². The third-order valence-corrected chi connectivity index (χ3v) is 3.96. The van der Waals surface area contributed by atoms with Crippen LogP contribution in [0.5, 0.6) is 0 Å². The third-order valence-electron chi connectivity index (χ3n) is 3.96. The number of aromatic amines is 1. The van der Waals surface area contributed by atoms with Crippen molar-refractivity contribution < 1.29 is 4.79 Å². The number of hydrogen-bond acceptors (Lipinski definition) is 2. The molecule has 4 nitrogen and oxygen atoms in total. The monoisotopic (exact) mass is 241 g/mol. The molecule has 18 heavy (non-hydrogen) atoms. The molecule has 1 aromatic heterocycles. The van der Waals surface area contributed by atoms with Crippen LogP contribution in [-0.2, 0) is 16.6 Å². The molecule has 1 aliphatic rings. The molecule has 1 unspecified atom stereocenters. The molecule has 92 valence electrons. The van der Waals surface area contributed by atoms with Gasteiger partial charge >= 0.3 is 0 Å². The van der Waals surface area contributed by atoms with Crippen LogP contribution in [-0.4, -0.2) is 16.1 Å². The zero-order valence-electron chi connectivity index (χ0n) is 10.2. The molecule has 0 saturated heterocycles. The van der Waals surface area contributed by atoms with Crippen LogP contribution in [0.15, 0.2) is 30.5 Å². The summed E-state index contributed by atoms with van der Waals surface area (Å²) >= 11 is 0. The number of primary amides is 1. The Labute approximate surface area is 105 Å². The lowest BCUT2D eigenvalue weighted by Crippen LogP contribution is -2.40. The minimum atomic E-state index is -0.715. The van der Waals surface area contributed by atoms with E-state index in [2.05, 4.69) is 16.3 Å². The van der Waals surface area contributed by atoms with Gasteiger partial charge < -0.3 is 5.73 Å². The number of nitrogens with zero attached hydrogens (tertiary/aromatic N) is 1. The molecule has 0 aliphatic heterocycles. The van der Waals surface area contributed by atoms with Gasteiger partial charge in [0.1, 0.15) is 5.41 Å². The molecule has 1 aliphatic carbocycles. The van der Waals surface area contributed by atoms with E-state index in [0.29, 0.717) is 0 Å². The van der Waals surface area contributed by atoms with Crippen molar-refractivity contribution >= 4 is 5.91 Å². The topological polar surface area (TPSA) is 71.8 Å². The number of rotatable bonds is 2. The number of carbonyl (C=O) groups is 1. The number of benzene rings is 1. The molecule has 1 atom stereocenters. The average molecular weight is 241 g/mol. The van der Waals surface area contributed by atoms with Crippen LogP contribution in [0.3, 0.4) is 0 Å². The maximum atomic E-state index is 12.1. The molecule has 1 aromatic carbocycles. The SMILES string of the molecule is Cc1n[nH]cc1C1(C(N)=O)CCc2ccccc21. The maximum absolute atomic E-state index is 12.1. The van der Waals surface area contributed by atoms with Crippen molar-refractivity contribution in [3.63, 3.8) is 0 Å². The number of fused-ring (bicyclic) bond motifs is 1. The Bertz CT molecular complexity index is 617. The van der Waals surface area contributed by atoms with Gasteiger partial charge in [0.15, 0.2) is 0 Å². The van der Waals surface area contributed by atoms with Gasteiger partial charge in [-0.1, -0.05) is 24.3 Å². The minimum Gasteiger partial charge on any atom is -0.369 e. The summed E-state index contributed by atoms with van der Waals surface area (Å²) < 4.78 is 0. The van der Waals surface area contributed by atoms with E-state index in [-0.39, 0.29) is 5.91 Å². The van der Waals surface area contributed by atoms with Crippen LogP contribution in [0.4, 0.5) is 0 Å². The number of aromatic nitrogens is 2. The van der Waals surface area contributed by atoms with E-state index >= 15 is 0 Å². The highest BCUT2D eigenvalue weighted by Crippen LogP contribution is 2.44. The summed E-state index contributed by atoms with van der Waals surface area (Å²) in [6, 6.07) is 8.02. The maximum Gasteiger partial charge on any atom is 0.232 e. The van der Waals surface area contributed by atoms with E-state index < -0.39 is 5.41 Å². The van der Waals surface area contributed by atoms with Gasteiger partial charge in [-0.05, 0) is 30.9 Å². The summed E-state index contributed by atoms with van der Waals surface area (Å²) in [7, 11) is 0. The van der Waals surface area contributed by atoms with Gasteiger partial charge in [-0.25, -0.2) is 0 Å². The second kappa shape index (κ2) is 3.70. The summed E-state index contributed by atoms with van der Waals surface area (Å²) in [5.41, 5.74) is 8.99. The van der Waals surface area contributed by atoms with Gasteiger partial charge in [-0.15, -0.1) is 0 Å². The second-order valence-corrected chi connectivity index (χ2v) is 4.81. The molecule has 1 amide bonds. The van der Waals surface area contributed by atoms with E-state index in [9.17, 15) is 4.79 Å². The van der Waals surface area contributed by atoms with Crippen LogP contribution in [0.1, 0.15) is 28.8 Å². The fourth-order valence-electron chi connectivity index (χ4n) is 3.07. The standard InChI is InChI=1S/C14H15N3O/c1-9-12(8-16-17-9)14(13(15)18)7-6-10-4-2-3-5-11(10)14/h2-5,8H,6-7H2,1H3,(H2,15,18)(H,16,17). The summed E-state index contributed by atoms with van der Waals surface area (Å²) in [5, 5.41) is 6.96. The highest BCUT2D eigenvalue weighted by atomic mass is 16.1. The van der Waals surface area contributed by atoms with Crippen LogP contribution in [0, 0.1) is 6.92 Å². The molecular formula is C14H15N3O. The van der Waals surface area contributed by atoms with Crippen LogP contribution in [0.25, 0.3) is 0 Å². The number of H-pyrrole nitrogens is 1. The Balaban J connectivity index is 2.28. The van der Waals surface area contributed by atoms with Crippen molar-refractivity contribution in [2.45, 2.75) is 25.2 Å². The van der Waals surface area contributed by atoms with Crippen molar-refractivity contribution in [3.8, 4) is 0 Å². The summed E-state index contributed by atoms with van der Waals surface area (Å²) in [5.74, 6) is -0.294. The predicted octanol–water partition coefficient (Wildman–Crippen LogP) is 1.44. The fraction of sp³-hybridized carbons (Fsp3) is 0.286. The predicted molar refractivity (Wildman–Crippen MR) is 68.1 cm³/mol. The van der Waals surface area contributed by atoms with Crippen molar-refractivity contribution in [1.29, 1.82) is 0 Å². The molecule has 1 heterocycles. The van der Waals surface area contributed by atoms with Crippen LogP contribution >= 0.6 is 0 Å². The zero-order chi connectivity index (χ0) is 12.8. The zero-order valence-corrected chi connectivity index (χ0v) is 10.2. The van der Waals surface area contributed by atoms with E-state index in [1.54, 1.807) is 6.20 Å². The Kier molecular flexibility index (Phi) is 2.26. The molecule has 0 fully saturated rings. The highest BCUT2D eigenvalue weighted by Gasteiger charge is 2.46. The number of hydrogen-bond donors (Lipinski definition) is 2. The number of amides is 1. The molecule has 0 bridgehead atoms. The molecule has 0 spiro atoms. The summed E-state index contributed by atoms with van der Waals surface area (Å²) in [4.78, 5) is 12.1. The Morgan fingerprint density at radius 1 is 1.39 bits per heavy atom. The molecular weight excluding hydrogens is 226 g/mol. The third kappa shape index (κ3) is 1.26. The molecule has 0 saturated carbocycles. The number of aryl methyl sites for hydroxylation is 2. The van der Waals surface area contributed by atoms with Gasteiger partial charge in [0.2, 0.25) is 5.91 Å². The molecule has 3 N–H and O–H groups in total. The van der Waals surface area contributed by atoms with Crippen molar-refractivity contribution in [2.75, 3.05) is 0 Å². The molecule has 0 radical (unpaired) electrons. The molecule has 4 heteroatoms. The lowest BCUT2D eigenvalue weighted by molar-refractivity contribution is -0.122. The molecule has 3 rings (SSSR count). The second-order valence-electron chi connectivity index (χ2n) is 4.81. The Morgan fingerprint density at radius 3 is 2.83 bits per heavy atom. The molecule has 2 aromatic rings. The van der Waals surface area contributed by atoms with Gasteiger partial charge in [-0.2, -0.15) is 5.10 Å². The fourth-order valence-corrected chi connectivity index (χ4v) is 3.07. The smallest absolute Gasteiger partial charge is 0.232 e. The number of nitrogens with one attached hydrogen (secondary N) is 1. The Morgan fingerprint density at radius 2 is 2.17 bits per heavy atom. The summed E-state index contributed by atoms with van der Waals surface area (Å²) in [6.07, 6.45) is 3.40. The minimum absolute atomic E-state index is 0.294. The summed E-state index contributed by atoms with van der Waals surface area (Å²) in [6.45, 7) is 1.90.